The zero-order chi connectivity index (χ0) is 14.5. The lowest BCUT2D eigenvalue weighted by Crippen LogP contribution is -1.99. The van der Waals surface area contributed by atoms with Crippen molar-refractivity contribution in [2.24, 2.45) is 0 Å². The Hall–Kier alpha value is -1.58. The third-order valence-electron chi connectivity index (χ3n) is 2.52. The molecule has 2 aromatic rings. The summed E-state index contributed by atoms with van der Waals surface area (Å²) in [6.45, 7) is 2.64. The van der Waals surface area contributed by atoms with Crippen molar-refractivity contribution in [1.29, 1.82) is 0 Å². The number of anilines is 1. The first-order valence-electron chi connectivity index (χ1n) is 6.24. The summed E-state index contributed by atoms with van der Waals surface area (Å²) in [6, 6.07) is 10.3. The van der Waals surface area contributed by atoms with Crippen molar-refractivity contribution < 1.29 is 9.47 Å². The zero-order valence-corrected chi connectivity index (χ0v) is 12.5. The molecule has 106 valence electrons. The highest BCUT2D eigenvalue weighted by atomic mass is 35.5. The third kappa shape index (κ3) is 3.95. The first kappa shape index (κ1) is 14.8. The monoisotopic (exact) mass is 311 g/mol. The molecule has 5 heteroatoms. The van der Waals surface area contributed by atoms with Crippen LogP contribution in [0.5, 0.6) is 17.2 Å². The van der Waals surface area contributed by atoms with Gasteiger partial charge in [-0.15, -0.1) is 0 Å². The van der Waals surface area contributed by atoms with Crippen LogP contribution in [0.25, 0.3) is 0 Å². The number of benzene rings is 2. The molecule has 0 radical (unpaired) electrons. The van der Waals surface area contributed by atoms with Gasteiger partial charge in [0, 0.05) is 16.1 Å². The normalized spacial score (nSPS) is 10.3. The fourth-order valence-electron chi connectivity index (χ4n) is 1.64. The van der Waals surface area contributed by atoms with Crippen LogP contribution in [0.15, 0.2) is 36.4 Å². The summed E-state index contributed by atoms with van der Waals surface area (Å²) in [4.78, 5) is 0. The SMILES string of the molecule is CCCOc1cc(Oc2cc(Cl)cc(Cl)c2)ccc1N. The Bertz CT molecular complexity index is 582. The van der Waals surface area contributed by atoms with Gasteiger partial charge >= 0.3 is 0 Å². The van der Waals surface area contributed by atoms with Crippen LogP contribution < -0.4 is 15.2 Å². The summed E-state index contributed by atoms with van der Waals surface area (Å²) < 4.78 is 11.3. The number of nitrogens with two attached hydrogens (primary N) is 1. The van der Waals surface area contributed by atoms with Gasteiger partial charge in [-0.2, -0.15) is 0 Å². The average Bonchev–Trinajstić information content (AvgIpc) is 2.38. The highest BCUT2D eigenvalue weighted by Crippen LogP contribution is 2.32. The molecule has 0 saturated heterocycles. The zero-order valence-electron chi connectivity index (χ0n) is 11.0. The van der Waals surface area contributed by atoms with Gasteiger partial charge in [0.25, 0.3) is 0 Å². The first-order valence-corrected chi connectivity index (χ1v) is 7.00. The number of rotatable bonds is 5. The van der Waals surface area contributed by atoms with Gasteiger partial charge < -0.3 is 15.2 Å². The van der Waals surface area contributed by atoms with Gasteiger partial charge in [-0.3, -0.25) is 0 Å². The predicted molar refractivity (Wildman–Crippen MR) is 83.2 cm³/mol. The molecule has 2 N–H and O–H groups in total. The van der Waals surface area contributed by atoms with Crippen LogP contribution in [-0.2, 0) is 0 Å². The van der Waals surface area contributed by atoms with E-state index in [2.05, 4.69) is 0 Å². The second kappa shape index (κ2) is 6.73. The van der Waals surface area contributed by atoms with Gasteiger partial charge in [0.15, 0.2) is 0 Å². The van der Waals surface area contributed by atoms with Crippen molar-refractivity contribution in [3.8, 4) is 17.2 Å². The van der Waals surface area contributed by atoms with E-state index < -0.39 is 0 Å². The van der Waals surface area contributed by atoms with Crippen molar-refractivity contribution in [1.82, 2.24) is 0 Å². The van der Waals surface area contributed by atoms with Crippen molar-refractivity contribution in [3.05, 3.63) is 46.4 Å². The van der Waals surface area contributed by atoms with Crippen molar-refractivity contribution in [2.45, 2.75) is 13.3 Å². The Morgan fingerprint density at radius 1 is 1.00 bits per heavy atom. The topological polar surface area (TPSA) is 44.5 Å². The highest BCUT2D eigenvalue weighted by Gasteiger charge is 2.05. The molecule has 2 aromatic carbocycles. The Morgan fingerprint density at radius 3 is 2.35 bits per heavy atom. The summed E-state index contributed by atoms with van der Waals surface area (Å²) in [7, 11) is 0. The molecular formula is C15H15Cl2NO2. The molecule has 0 atom stereocenters. The fourth-order valence-corrected chi connectivity index (χ4v) is 2.14. The van der Waals surface area contributed by atoms with Gasteiger partial charge in [-0.25, -0.2) is 0 Å². The van der Waals surface area contributed by atoms with Crippen LogP contribution in [0.2, 0.25) is 10.0 Å². The smallest absolute Gasteiger partial charge is 0.145 e. The standard InChI is InChI=1S/C15H15Cl2NO2/c1-2-5-19-15-9-12(3-4-14(15)18)20-13-7-10(16)6-11(17)8-13/h3-4,6-9H,2,5,18H2,1H3. The van der Waals surface area contributed by atoms with E-state index in [0.717, 1.165) is 6.42 Å². The Morgan fingerprint density at radius 2 is 1.70 bits per heavy atom. The number of nitrogen functional groups attached to an aromatic ring is 1. The maximum atomic E-state index is 5.93. The molecule has 0 fully saturated rings. The summed E-state index contributed by atoms with van der Waals surface area (Å²) in [5.74, 6) is 1.79. The summed E-state index contributed by atoms with van der Waals surface area (Å²) in [5.41, 5.74) is 6.43. The van der Waals surface area contributed by atoms with Gasteiger partial charge in [0.2, 0.25) is 0 Å². The molecule has 0 unspecified atom stereocenters. The van der Waals surface area contributed by atoms with Crippen LogP contribution in [0.3, 0.4) is 0 Å². The lowest BCUT2D eigenvalue weighted by Gasteiger charge is -2.11. The van der Waals surface area contributed by atoms with E-state index in [1.54, 1.807) is 36.4 Å². The van der Waals surface area contributed by atoms with Gasteiger partial charge in [-0.05, 0) is 36.8 Å². The minimum Gasteiger partial charge on any atom is -0.491 e. The van der Waals surface area contributed by atoms with E-state index in [1.165, 1.54) is 0 Å². The number of hydrogen-bond donors (Lipinski definition) is 1. The summed E-state index contributed by atoms with van der Waals surface area (Å²) in [6.07, 6.45) is 0.911. The molecular weight excluding hydrogens is 297 g/mol. The minimum atomic E-state index is 0.519. The molecule has 0 spiro atoms. The maximum Gasteiger partial charge on any atom is 0.145 e. The molecule has 0 bridgehead atoms. The lowest BCUT2D eigenvalue weighted by atomic mass is 10.2. The molecule has 0 saturated carbocycles. The van der Waals surface area contributed by atoms with Crippen LogP contribution in [0.4, 0.5) is 5.69 Å². The molecule has 3 nitrogen and oxygen atoms in total. The number of hydrogen-bond acceptors (Lipinski definition) is 3. The Balaban J connectivity index is 2.20. The first-order chi connectivity index (χ1) is 9.58. The van der Waals surface area contributed by atoms with E-state index in [-0.39, 0.29) is 0 Å². The maximum absolute atomic E-state index is 5.93. The van der Waals surface area contributed by atoms with Crippen LogP contribution >= 0.6 is 23.2 Å². The van der Waals surface area contributed by atoms with E-state index in [1.807, 2.05) is 6.92 Å². The largest absolute Gasteiger partial charge is 0.491 e. The molecule has 0 aliphatic carbocycles. The second-order valence-corrected chi connectivity index (χ2v) is 5.13. The molecule has 20 heavy (non-hydrogen) atoms. The average molecular weight is 312 g/mol. The highest BCUT2D eigenvalue weighted by molar-refractivity contribution is 6.34. The molecule has 0 heterocycles. The summed E-state index contributed by atoms with van der Waals surface area (Å²) >= 11 is 11.9. The molecule has 0 aromatic heterocycles. The molecule has 0 aliphatic rings. The molecule has 2 rings (SSSR count). The van der Waals surface area contributed by atoms with E-state index in [0.29, 0.717) is 39.6 Å². The predicted octanol–water partition coefficient (Wildman–Crippen LogP) is 5.16. The fraction of sp³-hybridized carbons (Fsp3) is 0.200. The van der Waals surface area contributed by atoms with E-state index >= 15 is 0 Å². The Kier molecular flexibility index (Phi) is 4.99. The number of ether oxygens (including phenoxy) is 2. The minimum absolute atomic E-state index is 0.519. The molecule has 0 amide bonds. The van der Waals surface area contributed by atoms with E-state index in [4.69, 9.17) is 38.4 Å². The van der Waals surface area contributed by atoms with Crippen molar-refractivity contribution in [2.75, 3.05) is 12.3 Å². The number of halogens is 2. The van der Waals surface area contributed by atoms with Crippen LogP contribution in [-0.4, -0.2) is 6.61 Å². The third-order valence-corrected chi connectivity index (χ3v) is 2.95. The second-order valence-electron chi connectivity index (χ2n) is 4.26. The van der Waals surface area contributed by atoms with Gasteiger partial charge in [0.1, 0.15) is 17.2 Å². The van der Waals surface area contributed by atoms with Crippen LogP contribution in [0, 0.1) is 0 Å². The summed E-state index contributed by atoms with van der Waals surface area (Å²) in [5, 5.41) is 1.04. The quantitative estimate of drug-likeness (QED) is 0.776. The lowest BCUT2D eigenvalue weighted by molar-refractivity contribution is 0.317. The Labute approximate surface area is 128 Å². The molecule has 0 aliphatic heterocycles. The van der Waals surface area contributed by atoms with Crippen molar-refractivity contribution in [3.63, 3.8) is 0 Å². The van der Waals surface area contributed by atoms with E-state index in [9.17, 15) is 0 Å². The van der Waals surface area contributed by atoms with Gasteiger partial charge in [-0.1, -0.05) is 30.1 Å². The van der Waals surface area contributed by atoms with Gasteiger partial charge in [0.05, 0.1) is 12.3 Å². The van der Waals surface area contributed by atoms with Crippen molar-refractivity contribution >= 4 is 28.9 Å². The van der Waals surface area contributed by atoms with Crippen LogP contribution in [0.1, 0.15) is 13.3 Å².